The molecule has 0 aliphatic heterocycles. The van der Waals surface area contributed by atoms with Gasteiger partial charge in [0.05, 0.1) is 23.4 Å². The van der Waals surface area contributed by atoms with Crippen LogP contribution in [0, 0.1) is 6.92 Å². The zero-order chi connectivity index (χ0) is 19.3. The van der Waals surface area contributed by atoms with Gasteiger partial charge in [-0.1, -0.05) is 23.7 Å². The average Bonchev–Trinajstić information content (AvgIpc) is 2.60. The van der Waals surface area contributed by atoms with Crippen LogP contribution in [-0.4, -0.2) is 31.4 Å². The van der Waals surface area contributed by atoms with Gasteiger partial charge in [-0.25, -0.2) is 4.79 Å². The van der Waals surface area contributed by atoms with E-state index < -0.39 is 11.9 Å². The van der Waals surface area contributed by atoms with Crippen molar-refractivity contribution in [3.63, 3.8) is 0 Å². The number of amides is 2. The molecule has 6 nitrogen and oxygen atoms in total. The van der Waals surface area contributed by atoms with E-state index >= 15 is 0 Å². The molecular weight excluding hydrogens is 356 g/mol. The van der Waals surface area contributed by atoms with Crippen molar-refractivity contribution in [1.29, 1.82) is 0 Å². The van der Waals surface area contributed by atoms with Crippen LogP contribution in [0.4, 0.5) is 11.4 Å². The predicted molar refractivity (Wildman–Crippen MR) is 101 cm³/mol. The van der Waals surface area contributed by atoms with Gasteiger partial charge in [0.1, 0.15) is 6.54 Å². The molecule has 0 unspecified atom stereocenters. The number of carbonyl (C=O) groups excluding carboxylic acids is 3. The molecule has 136 valence electrons. The number of nitrogens with one attached hydrogen (secondary N) is 1. The van der Waals surface area contributed by atoms with E-state index in [1.807, 2.05) is 25.1 Å². The maximum atomic E-state index is 12.4. The summed E-state index contributed by atoms with van der Waals surface area (Å²) < 4.78 is 4.65. The van der Waals surface area contributed by atoms with Gasteiger partial charge in [0.25, 0.3) is 0 Å². The van der Waals surface area contributed by atoms with Crippen LogP contribution in [0.5, 0.6) is 0 Å². The molecule has 0 spiro atoms. The lowest BCUT2D eigenvalue weighted by Gasteiger charge is -2.21. The Bertz CT molecular complexity index is 851. The summed E-state index contributed by atoms with van der Waals surface area (Å²) in [5.74, 6) is -1.24. The van der Waals surface area contributed by atoms with Crippen molar-refractivity contribution in [2.45, 2.75) is 13.8 Å². The molecule has 0 aliphatic carbocycles. The minimum Gasteiger partial charge on any atom is -0.465 e. The lowest BCUT2D eigenvalue weighted by atomic mass is 10.2. The number of carbonyl (C=O) groups is 3. The monoisotopic (exact) mass is 374 g/mol. The van der Waals surface area contributed by atoms with Crippen LogP contribution in [0.2, 0.25) is 5.02 Å². The van der Waals surface area contributed by atoms with Crippen LogP contribution < -0.4 is 10.2 Å². The maximum Gasteiger partial charge on any atom is 0.337 e. The number of esters is 1. The van der Waals surface area contributed by atoms with Gasteiger partial charge < -0.3 is 15.0 Å². The van der Waals surface area contributed by atoms with Gasteiger partial charge in [0.15, 0.2) is 0 Å². The SMILES string of the molecule is COC(=O)c1ccc(Cl)c(NC(=O)CN(C(C)=O)c2cccc(C)c2)c1. The number of methoxy groups -OCH3 is 1. The highest BCUT2D eigenvalue weighted by Crippen LogP contribution is 2.24. The number of benzene rings is 2. The zero-order valence-electron chi connectivity index (χ0n) is 14.7. The third-order valence-corrected chi connectivity index (χ3v) is 3.99. The normalized spacial score (nSPS) is 10.2. The van der Waals surface area contributed by atoms with E-state index in [1.54, 1.807) is 6.07 Å². The highest BCUT2D eigenvalue weighted by atomic mass is 35.5. The fourth-order valence-electron chi connectivity index (χ4n) is 2.38. The van der Waals surface area contributed by atoms with E-state index in [0.29, 0.717) is 5.69 Å². The number of nitrogens with zero attached hydrogens (tertiary/aromatic N) is 1. The highest BCUT2D eigenvalue weighted by molar-refractivity contribution is 6.34. The molecule has 0 aromatic heterocycles. The molecule has 0 fully saturated rings. The maximum absolute atomic E-state index is 12.4. The first-order valence-electron chi connectivity index (χ1n) is 7.84. The third-order valence-electron chi connectivity index (χ3n) is 3.66. The number of aryl methyl sites for hydroxylation is 1. The second-order valence-corrected chi connectivity index (χ2v) is 6.09. The van der Waals surface area contributed by atoms with Crippen LogP contribution in [0.25, 0.3) is 0 Å². The van der Waals surface area contributed by atoms with Crippen molar-refractivity contribution < 1.29 is 19.1 Å². The molecule has 2 amide bonds. The summed E-state index contributed by atoms with van der Waals surface area (Å²) in [5.41, 5.74) is 2.13. The molecule has 0 atom stereocenters. The van der Waals surface area contributed by atoms with Gasteiger partial charge in [-0.3, -0.25) is 9.59 Å². The van der Waals surface area contributed by atoms with Crippen LogP contribution >= 0.6 is 11.6 Å². The van der Waals surface area contributed by atoms with Gasteiger partial charge in [-0.15, -0.1) is 0 Å². The Morgan fingerprint density at radius 2 is 1.88 bits per heavy atom. The zero-order valence-corrected chi connectivity index (χ0v) is 15.5. The second-order valence-electron chi connectivity index (χ2n) is 5.68. The standard InChI is InChI=1S/C19H19ClN2O4/c1-12-5-4-6-15(9-12)22(13(2)23)11-18(24)21-17-10-14(19(25)26-3)7-8-16(17)20/h4-10H,11H2,1-3H3,(H,21,24). The van der Waals surface area contributed by atoms with Gasteiger partial charge in [-0.05, 0) is 42.8 Å². The minimum atomic E-state index is -0.540. The Kier molecular flexibility index (Phi) is 6.36. The van der Waals surface area contributed by atoms with E-state index in [-0.39, 0.29) is 28.7 Å². The first-order valence-corrected chi connectivity index (χ1v) is 8.22. The Labute approximate surface area is 156 Å². The molecule has 0 saturated heterocycles. The second kappa shape index (κ2) is 8.49. The summed E-state index contributed by atoms with van der Waals surface area (Å²) in [6.45, 7) is 3.11. The number of hydrogen-bond donors (Lipinski definition) is 1. The minimum absolute atomic E-state index is 0.183. The van der Waals surface area contributed by atoms with Crippen LogP contribution in [0.3, 0.4) is 0 Å². The van der Waals surface area contributed by atoms with Crippen LogP contribution in [-0.2, 0) is 14.3 Å². The van der Waals surface area contributed by atoms with Gasteiger partial charge in [0, 0.05) is 12.6 Å². The Hall–Kier alpha value is -2.86. The van der Waals surface area contributed by atoms with Crippen molar-refractivity contribution in [2.24, 2.45) is 0 Å². The first-order chi connectivity index (χ1) is 12.3. The Morgan fingerprint density at radius 3 is 2.50 bits per heavy atom. The topological polar surface area (TPSA) is 75.7 Å². The lowest BCUT2D eigenvalue weighted by molar-refractivity contribution is -0.120. The largest absolute Gasteiger partial charge is 0.465 e. The molecule has 0 saturated carbocycles. The first kappa shape index (κ1) is 19.5. The molecule has 0 radical (unpaired) electrons. The van der Waals surface area contributed by atoms with Crippen LogP contribution in [0.1, 0.15) is 22.8 Å². The van der Waals surface area contributed by atoms with Gasteiger partial charge in [-0.2, -0.15) is 0 Å². The molecule has 0 bridgehead atoms. The number of hydrogen-bond acceptors (Lipinski definition) is 4. The Morgan fingerprint density at radius 1 is 1.15 bits per heavy atom. The summed E-state index contributed by atoms with van der Waals surface area (Å²) in [4.78, 5) is 37.3. The summed E-state index contributed by atoms with van der Waals surface area (Å²) in [6, 6.07) is 11.7. The quantitative estimate of drug-likeness (QED) is 0.813. The van der Waals surface area contributed by atoms with Gasteiger partial charge >= 0.3 is 5.97 Å². The van der Waals surface area contributed by atoms with E-state index in [9.17, 15) is 14.4 Å². The number of halogens is 1. The van der Waals surface area contributed by atoms with Crippen molar-refractivity contribution in [1.82, 2.24) is 0 Å². The molecule has 1 N–H and O–H groups in total. The van der Waals surface area contributed by atoms with Gasteiger partial charge in [0.2, 0.25) is 11.8 Å². The van der Waals surface area contributed by atoms with Crippen molar-refractivity contribution in [3.05, 3.63) is 58.6 Å². The molecule has 26 heavy (non-hydrogen) atoms. The highest BCUT2D eigenvalue weighted by Gasteiger charge is 2.17. The fraction of sp³-hybridized carbons (Fsp3) is 0.211. The summed E-state index contributed by atoms with van der Waals surface area (Å²) >= 11 is 6.08. The molecule has 2 aromatic rings. The molecule has 0 aliphatic rings. The van der Waals surface area contributed by atoms with Crippen LogP contribution in [0.15, 0.2) is 42.5 Å². The average molecular weight is 375 g/mol. The van der Waals surface area contributed by atoms with E-state index in [4.69, 9.17) is 11.6 Å². The van der Waals surface area contributed by atoms with E-state index in [2.05, 4.69) is 10.1 Å². The number of rotatable bonds is 5. The summed E-state index contributed by atoms with van der Waals surface area (Å²) in [6.07, 6.45) is 0. The Balaban J connectivity index is 2.18. The predicted octanol–water partition coefficient (Wildman–Crippen LogP) is 3.43. The number of anilines is 2. The lowest BCUT2D eigenvalue weighted by Crippen LogP contribution is -2.36. The van der Waals surface area contributed by atoms with Crippen molar-refractivity contribution in [2.75, 3.05) is 23.9 Å². The van der Waals surface area contributed by atoms with E-state index in [1.165, 1.54) is 37.1 Å². The van der Waals surface area contributed by atoms with E-state index in [0.717, 1.165) is 5.56 Å². The molecule has 2 aromatic carbocycles. The molecule has 7 heteroatoms. The summed E-state index contributed by atoms with van der Waals surface area (Å²) in [7, 11) is 1.27. The van der Waals surface area contributed by atoms with Crippen molar-refractivity contribution >= 4 is 40.8 Å². The molecular formula is C19H19ClN2O4. The number of ether oxygens (including phenoxy) is 1. The van der Waals surface area contributed by atoms with Crippen molar-refractivity contribution in [3.8, 4) is 0 Å². The third kappa shape index (κ3) is 4.83. The molecule has 2 rings (SSSR count). The molecule has 0 heterocycles. The summed E-state index contributed by atoms with van der Waals surface area (Å²) in [5, 5.41) is 2.90. The fourth-order valence-corrected chi connectivity index (χ4v) is 2.54. The smallest absolute Gasteiger partial charge is 0.337 e.